The number of anilines is 1. The Morgan fingerprint density at radius 1 is 1.56 bits per heavy atom. The predicted molar refractivity (Wildman–Crippen MR) is 72.2 cm³/mol. The van der Waals surface area contributed by atoms with Crippen LogP contribution >= 0.6 is 22.7 Å². The highest BCUT2D eigenvalue weighted by molar-refractivity contribution is 7.15. The van der Waals surface area contributed by atoms with E-state index in [1.165, 1.54) is 11.3 Å². The van der Waals surface area contributed by atoms with Gasteiger partial charge in [-0.05, 0) is 13.8 Å². The molecule has 2 aromatic rings. The van der Waals surface area contributed by atoms with E-state index >= 15 is 0 Å². The summed E-state index contributed by atoms with van der Waals surface area (Å²) in [7, 11) is 0. The molecular formula is C11H13N3O2S2. The number of nitrogens with one attached hydrogen (secondary N) is 1. The molecular weight excluding hydrogens is 270 g/mol. The van der Waals surface area contributed by atoms with Crippen molar-refractivity contribution in [3.63, 3.8) is 0 Å². The van der Waals surface area contributed by atoms with Crippen LogP contribution in [0, 0.1) is 6.92 Å². The zero-order chi connectivity index (χ0) is 13.0. The van der Waals surface area contributed by atoms with Crippen LogP contribution in [0.3, 0.4) is 0 Å². The molecule has 96 valence electrons. The van der Waals surface area contributed by atoms with E-state index in [0.717, 1.165) is 9.88 Å². The summed E-state index contributed by atoms with van der Waals surface area (Å²) in [5, 5.41) is 6.78. The van der Waals surface area contributed by atoms with Crippen molar-refractivity contribution >= 4 is 33.8 Å². The van der Waals surface area contributed by atoms with E-state index in [9.17, 15) is 4.79 Å². The van der Waals surface area contributed by atoms with E-state index in [-0.39, 0.29) is 5.97 Å². The molecule has 0 aliphatic heterocycles. The number of aromatic nitrogens is 2. The van der Waals surface area contributed by atoms with Gasteiger partial charge in [0, 0.05) is 16.5 Å². The quantitative estimate of drug-likeness (QED) is 0.855. The summed E-state index contributed by atoms with van der Waals surface area (Å²) < 4.78 is 4.94. The maximum Gasteiger partial charge on any atom is 0.358 e. The Kier molecular flexibility index (Phi) is 4.27. The van der Waals surface area contributed by atoms with Gasteiger partial charge in [-0.2, -0.15) is 0 Å². The van der Waals surface area contributed by atoms with Gasteiger partial charge in [0.05, 0.1) is 13.2 Å². The SMILES string of the molecule is CCOC(=O)c1nc(NCc2nccs2)sc1C. The molecule has 5 nitrogen and oxygen atoms in total. The molecule has 2 aromatic heterocycles. The second kappa shape index (κ2) is 5.92. The summed E-state index contributed by atoms with van der Waals surface area (Å²) in [5.41, 5.74) is 0.392. The molecule has 18 heavy (non-hydrogen) atoms. The third kappa shape index (κ3) is 3.05. The first-order chi connectivity index (χ1) is 8.70. The van der Waals surface area contributed by atoms with Crippen molar-refractivity contribution < 1.29 is 9.53 Å². The summed E-state index contributed by atoms with van der Waals surface area (Å²) in [5.74, 6) is -0.367. The van der Waals surface area contributed by atoms with Gasteiger partial charge in [0.2, 0.25) is 0 Å². The van der Waals surface area contributed by atoms with Gasteiger partial charge in [-0.25, -0.2) is 14.8 Å². The lowest BCUT2D eigenvalue weighted by Crippen LogP contribution is -2.07. The summed E-state index contributed by atoms with van der Waals surface area (Å²) in [4.78, 5) is 20.9. The highest BCUT2D eigenvalue weighted by Gasteiger charge is 2.16. The van der Waals surface area contributed by atoms with E-state index in [1.54, 1.807) is 24.5 Å². The first-order valence-corrected chi connectivity index (χ1v) is 7.17. The molecule has 0 saturated carbocycles. The highest BCUT2D eigenvalue weighted by Crippen LogP contribution is 2.23. The molecule has 1 N–H and O–H groups in total. The lowest BCUT2D eigenvalue weighted by molar-refractivity contribution is 0.0519. The Morgan fingerprint density at radius 3 is 3.06 bits per heavy atom. The van der Waals surface area contributed by atoms with E-state index in [0.29, 0.717) is 24.0 Å². The molecule has 0 amide bonds. The molecule has 0 unspecified atom stereocenters. The number of hydrogen-bond acceptors (Lipinski definition) is 7. The lowest BCUT2D eigenvalue weighted by Gasteiger charge is -1.99. The molecule has 0 fully saturated rings. The molecule has 7 heteroatoms. The Bertz CT molecular complexity index is 522. The standard InChI is InChI=1S/C11H13N3O2S2/c1-3-16-10(15)9-7(2)18-11(14-9)13-6-8-12-4-5-17-8/h4-5H,3,6H2,1-2H3,(H,13,14). The minimum atomic E-state index is -0.367. The van der Waals surface area contributed by atoms with Crippen LogP contribution in [0.25, 0.3) is 0 Å². The molecule has 2 heterocycles. The summed E-state index contributed by atoms with van der Waals surface area (Å²) in [6.45, 7) is 4.62. The van der Waals surface area contributed by atoms with Crippen LogP contribution in [-0.2, 0) is 11.3 Å². The second-order valence-corrected chi connectivity index (χ2v) is 5.61. The van der Waals surface area contributed by atoms with Gasteiger partial charge in [0.25, 0.3) is 0 Å². The summed E-state index contributed by atoms with van der Waals surface area (Å²) in [6.07, 6.45) is 1.76. The Hall–Kier alpha value is -1.47. The molecule has 0 atom stereocenters. The minimum absolute atomic E-state index is 0.359. The van der Waals surface area contributed by atoms with Crippen molar-refractivity contribution in [2.45, 2.75) is 20.4 Å². The fourth-order valence-corrected chi connectivity index (χ4v) is 2.71. The number of nitrogens with zero attached hydrogens (tertiary/aromatic N) is 2. The fraction of sp³-hybridized carbons (Fsp3) is 0.364. The smallest absolute Gasteiger partial charge is 0.358 e. The van der Waals surface area contributed by atoms with Crippen LogP contribution in [0.4, 0.5) is 5.13 Å². The first-order valence-electron chi connectivity index (χ1n) is 5.47. The monoisotopic (exact) mass is 283 g/mol. The topological polar surface area (TPSA) is 64.1 Å². The lowest BCUT2D eigenvalue weighted by atomic mass is 10.4. The minimum Gasteiger partial charge on any atom is -0.461 e. The average Bonchev–Trinajstić information content (AvgIpc) is 2.96. The molecule has 2 rings (SSSR count). The van der Waals surface area contributed by atoms with Gasteiger partial charge in [-0.1, -0.05) is 0 Å². The van der Waals surface area contributed by atoms with Crippen molar-refractivity contribution in [1.29, 1.82) is 0 Å². The van der Waals surface area contributed by atoms with E-state index in [4.69, 9.17) is 4.74 Å². The largest absolute Gasteiger partial charge is 0.461 e. The van der Waals surface area contributed by atoms with Gasteiger partial charge < -0.3 is 10.1 Å². The molecule has 0 aliphatic carbocycles. The van der Waals surface area contributed by atoms with Crippen molar-refractivity contribution in [1.82, 2.24) is 9.97 Å². The molecule has 0 aliphatic rings. The Morgan fingerprint density at radius 2 is 2.39 bits per heavy atom. The van der Waals surface area contributed by atoms with E-state index < -0.39 is 0 Å². The number of ether oxygens (including phenoxy) is 1. The van der Waals surface area contributed by atoms with Crippen LogP contribution in [0.5, 0.6) is 0 Å². The normalized spacial score (nSPS) is 10.3. The van der Waals surface area contributed by atoms with Gasteiger partial charge in [-0.15, -0.1) is 22.7 Å². The highest BCUT2D eigenvalue weighted by atomic mass is 32.1. The Balaban J connectivity index is 2.02. The number of carbonyl (C=O) groups is 1. The maximum absolute atomic E-state index is 11.6. The zero-order valence-electron chi connectivity index (χ0n) is 10.1. The van der Waals surface area contributed by atoms with Crippen molar-refractivity contribution in [2.24, 2.45) is 0 Å². The summed E-state index contributed by atoms with van der Waals surface area (Å²) >= 11 is 3.02. The molecule has 0 aromatic carbocycles. The number of thiazole rings is 2. The van der Waals surface area contributed by atoms with Crippen molar-refractivity contribution in [2.75, 3.05) is 11.9 Å². The van der Waals surface area contributed by atoms with Crippen LogP contribution in [0.2, 0.25) is 0 Å². The van der Waals surface area contributed by atoms with Crippen LogP contribution in [0.15, 0.2) is 11.6 Å². The third-order valence-electron chi connectivity index (χ3n) is 2.14. The van der Waals surface area contributed by atoms with Crippen molar-refractivity contribution in [3.05, 3.63) is 27.2 Å². The molecule has 0 saturated heterocycles. The maximum atomic E-state index is 11.6. The number of rotatable bonds is 5. The second-order valence-electron chi connectivity index (χ2n) is 3.42. The Labute approximate surface area is 113 Å². The molecule has 0 bridgehead atoms. The third-order valence-corrected chi connectivity index (χ3v) is 3.85. The van der Waals surface area contributed by atoms with E-state index in [1.807, 2.05) is 12.3 Å². The zero-order valence-corrected chi connectivity index (χ0v) is 11.7. The van der Waals surface area contributed by atoms with Crippen molar-refractivity contribution in [3.8, 4) is 0 Å². The van der Waals surface area contributed by atoms with E-state index in [2.05, 4.69) is 15.3 Å². The van der Waals surface area contributed by atoms with Crippen LogP contribution < -0.4 is 5.32 Å². The predicted octanol–water partition coefficient (Wildman–Crippen LogP) is 2.70. The average molecular weight is 283 g/mol. The first kappa shape index (κ1) is 13.0. The number of carbonyl (C=O) groups excluding carboxylic acids is 1. The summed E-state index contributed by atoms with van der Waals surface area (Å²) in [6, 6.07) is 0. The van der Waals surface area contributed by atoms with Gasteiger partial charge in [0.1, 0.15) is 5.01 Å². The number of aryl methyl sites for hydroxylation is 1. The van der Waals surface area contributed by atoms with Crippen LogP contribution in [0.1, 0.15) is 27.3 Å². The molecule has 0 spiro atoms. The number of hydrogen-bond donors (Lipinski definition) is 1. The van der Waals surface area contributed by atoms with Gasteiger partial charge in [0.15, 0.2) is 10.8 Å². The van der Waals surface area contributed by atoms with Crippen LogP contribution in [-0.4, -0.2) is 22.5 Å². The van der Waals surface area contributed by atoms with Gasteiger partial charge >= 0.3 is 5.97 Å². The fourth-order valence-electron chi connectivity index (χ4n) is 1.35. The molecule has 0 radical (unpaired) electrons. The van der Waals surface area contributed by atoms with Gasteiger partial charge in [-0.3, -0.25) is 0 Å². The number of esters is 1.